The average Bonchev–Trinajstić information content (AvgIpc) is 3.02. The minimum atomic E-state index is -1.01. The van der Waals surface area contributed by atoms with Crippen LogP contribution in [0.3, 0.4) is 0 Å². The molecule has 6 nitrogen and oxygen atoms in total. The fraction of sp³-hybridized carbons (Fsp3) is 0.286. The lowest BCUT2D eigenvalue weighted by molar-refractivity contribution is -0.720. The van der Waals surface area contributed by atoms with Crippen LogP contribution in [0.4, 0.5) is 0 Å². The third kappa shape index (κ3) is 5.21. The monoisotopic (exact) mass is 400 g/mol. The highest BCUT2D eigenvalue weighted by molar-refractivity contribution is 8.09. The summed E-state index contributed by atoms with van der Waals surface area (Å²) in [5, 5.41) is 8.50. The molecule has 2 aromatic rings. The second-order valence-corrected chi connectivity index (χ2v) is 8.02. The largest absolute Gasteiger partial charge is 0.481 e. The normalized spacial score (nSPS) is 18.8. The topological polar surface area (TPSA) is 80.7 Å². The van der Waals surface area contributed by atoms with Crippen LogP contribution in [-0.4, -0.2) is 32.5 Å². The number of para-hydroxylation sites is 1. The van der Waals surface area contributed by atoms with Gasteiger partial charge in [0.15, 0.2) is 11.9 Å². The number of carboxylic acids is 1. The molecule has 0 radical (unpaired) electrons. The molecular formula is C21H22NO5S+. The minimum absolute atomic E-state index is 0.00264. The molecule has 1 heterocycles. The Hall–Kier alpha value is -2.64. The van der Waals surface area contributed by atoms with E-state index in [1.807, 2.05) is 54.6 Å². The molecule has 0 aliphatic carbocycles. The zero-order valence-electron chi connectivity index (χ0n) is 15.4. The Balaban J connectivity index is 1.68. The van der Waals surface area contributed by atoms with E-state index in [0.717, 1.165) is 29.7 Å². The van der Waals surface area contributed by atoms with Gasteiger partial charge in [-0.2, -0.15) is 3.89 Å². The molecule has 3 rings (SSSR count). The van der Waals surface area contributed by atoms with E-state index in [1.165, 1.54) is 0 Å². The van der Waals surface area contributed by atoms with Crippen molar-refractivity contribution < 1.29 is 28.1 Å². The molecular weight excluding hydrogens is 378 g/mol. The Kier molecular flexibility index (Phi) is 6.49. The van der Waals surface area contributed by atoms with Gasteiger partial charge in [-0.1, -0.05) is 18.2 Å². The molecule has 1 amide bonds. The van der Waals surface area contributed by atoms with Crippen LogP contribution >= 0.6 is 11.9 Å². The molecule has 0 aromatic heterocycles. The quantitative estimate of drug-likeness (QED) is 0.529. The minimum Gasteiger partial charge on any atom is -0.481 e. The van der Waals surface area contributed by atoms with Gasteiger partial charge >= 0.3 is 11.9 Å². The van der Waals surface area contributed by atoms with Gasteiger partial charge in [0.1, 0.15) is 18.0 Å². The number of rotatable bonds is 8. The maximum absolute atomic E-state index is 12.5. The van der Waals surface area contributed by atoms with Crippen LogP contribution in [-0.2, 0) is 20.9 Å². The van der Waals surface area contributed by atoms with Gasteiger partial charge in [-0.15, -0.1) is 0 Å². The first kappa shape index (κ1) is 20.1. The first-order chi connectivity index (χ1) is 13.5. The van der Waals surface area contributed by atoms with Gasteiger partial charge < -0.3 is 9.84 Å². The zero-order valence-corrected chi connectivity index (χ0v) is 16.2. The average molecular weight is 400 g/mol. The van der Waals surface area contributed by atoms with Gasteiger partial charge in [-0.3, -0.25) is 9.59 Å². The van der Waals surface area contributed by atoms with Crippen molar-refractivity contribution in [2.24, 2.45) is 0 Å². The summed E-state index contributed by atoms with van der Waals surface area (Å²) in [6.07, 6.45) is 0.879. The summed E-state index contributed by atoms with van der Waals surface area (Å²) >= 11 is 0.961. The van der Waals surface area contributed by atoms with Gasteiger partial charge in [0.05, 0.1) is 19.4 Å². The lowest BCUT2D eigenvalue weighted by Gasteiger charge is -2.27. The van der Waals surface area contributed by atoms with E-state index in [9.17, 15) is 14.4 Å². The van der Waals surface area contributed by atoms with Crippen molar-refractivity contribution in [1.29, 1.82) is 0 Å². The zero-order chi connectivity index (χ0) is 20.0. The number of carbonyl (C=O) groups is 3. The van der Waals surface area contributed by atoms with Crippen LogP contribution in [0.25, 0.3) is 0 Å². The van der Waals surface area contributed by atoms with E-state index in [2.05, 4.69) is 0 Å². The van der Waals surface area contributed by atoms with Crippen molar-refractivity contribution in [3.8, 4) is 11.5 Å². The molecule has 0 bridgehead atoms. The number of hydrogen-bond donors (Lipinski definition) is 1. The van der Waals surface area contributed by atoms with E-state index in [0.29, 0.717) is 25.3 Å². The van der Waals surface area contributed by atoms with E-state index in [4.69, 9.17) is 9.84 Å². The molecule has 7 heteroatoms. The number of nitrogens with zero attached hydrogens (tertiary/aromatic N) is 1. The number of carbonyl (C=O) groups excluding carboxylic acids is 2. The van der Waals surface area contributed by atoms with E-state index < -0.39 is 5.97 Å². The lowest BCUT2D eigenvalue weighted by Crippen LogP contribution is -2.42. The molecule has 0 saturated carbocycles. The maximum Gasteiger partial charge on any atom is 0.326 e. The van der Waals surface area contributed by atoms with Crippen molar-refractivity contribution in [1.82, 2.24) is 0 Å². The Morgan fingerprint density at radius 2 is 1.68 bits per heavy atom. The summed E-state index contributed by atoms with van der Waals surface area (Å²) < 4.78 is 5.78. The Bertz CT molecular complexity index is 853. The fourth-order valence-corrected chi connectivity index (χ4v) is 4.35. The summed E-state index contributed by atoms with van der Waals surface area (Å²) in [5.74, 6) is 0.438. The molecule has 2 aromatic carbocycles. The molecule has 1 N–H and O–H groups in total. The first-order valence-electron chi connectivity index (χ1n) is 9.13. The predicted molar refractivity (Wildman–Crippen MR) is 105 cm³/mol. The number of hydrogen-bond acceptors (Lipinski definition) is 5. The lowest BCUT2D eigenvalue weighted by atomic mass is 10.2. The van der Waals surface area contributed by atoms with Crippen molar-refractivity contribution in [2.75, 3.05) is 6.54 Å². The molecule has 28 heavy (non-hydrogen) atoms. The summed E-state index contributed by atoms with van der Waals surface area (Å²) in [4.78, 5) is 35.4. The predicted octanol–water partition coefficient (Wildman–Crippen LogP) is 4.16. The molecule has 1 unspecified atom stereocenters. The molecule has 1 aliphatic heterocycles. The summed E-state index contributed by atoms with van der Waals surface area (Å²) in [7, 11) is 0. The van der Waals surface area contributed by atoms with Gasteiger partial charge in [-0.25, -0.2) is 4.79 Å². The summed E-state index contributed by atoms with van der Waals surface area (Å²) in [6, 6.07) is 16.9. The van der Waals surface area contributed by atoms with Gasteiger partial charge in [0.25, 0.3) is 0 Å². The standard InChI is InChI=1S/C21H21NO5S/c23-19-7-4-14-22(19,28-21(26)13-12-20(24)25)15-16-8-10-18(11-9-16)27-17-5-2-1-3-6-17/h1-3,5-6,8-11H,4,7,12-15H2/p+1. The maximum atomic E-state index is 12.5. The number of likely N-dealkylation sites (tertiary alicyclic amines) is 1. The smallest absolute Gasteiger partial charge is 0.326 e. The number of carboxylic acid groups (broad SMARTS) is 1. The number of aliphatic carboxylic acids is 1. The van der Waals surface area contributed by atoms with Crippen LogP contribution in [0.1, 0.15) is 31.2 Å². The van der Waals surface area contributed by atoms with E-state index >= 15 is 0 Å². The molecule has 1 aliphatic rings. The number of amides is 1. The van der Waals surface area contributed by atoms with Gasteiger partial charge in [0.2, 0.25) is 5.12 Å². The summed E-state index contributed by atoms with van der Waals surface area (Å²) in [6.45, 7) is 0.971. The van der Waals surface area contributed by atoms with Gasteiger partial charge in [0, 0.05) is 18.4 Å². The highest BCUT2D eigenvalue weighted by Gasteiger charge is 2.45. The van der Waals surface area contributed by atoms with Crippen LogP contribution in [0.15, 0.2) is 54.6 Å². The van der Waals surface area contributed by atoms with E-state index in [1.54, 1.807) is 0 Å². The van der Waals surface area contributed by atoms with Crippen LogP contribution < -0.4 is 4.74 Å². The third-order valence-electron chi connectivity index (χ3n) is 4.52. The highest BCUT2D eigenvalue weighted by atomic mass is 32.2. The van der Waals surface area contributed by atoms with Crippen LogP contribution in [0.5, 0.6) is 11.5 Å². The van der Waals surface area contributed by atoms with Crippen molar-refractivity contribution in [3.63, 3.8) is 0 Å². The Morgan fingerprint density at radius 1 is 1.00 bits per heavy atom. The number of quaternary nitrogens is 1. The van der Waals surface area contributed by atoms with Crippen LogP contribution in [0.2, 0.25) is 0 Å². The Labute approximate surface area is 167 Å². The third-order valence-corrected chi connectivity index (χ3v) is 5.80. The van der Waals surface area contributed by atoms with Gasteiger partial charge in [-0.05, 0) is 36.4 Å². The van der Waals surface area contributed by atoms with Crippen LogP contribution in [0, 0.1) is 0 Å². The van der Waals surface area contributed by atoms with Crippen molar-refractivity contribution in [2.45, 2.75) is 32.2 Å². The second kappa shape index (κ2) is 9.03. The van der Waals surface area contributed by atoms with E-state index in [-0.39, 0.29) is 27.8 Å². The SMILES string of the molecule is O=C(O)CCC(=O)S[N+]1(Cc2ccc(Oc3ccccc3)cc2)CCCC1=O. The highest BCUT2D eigenvalue weighted by Crippen LogP contribution is 2.36. The second-order valence-electron chi connectivity index (χ2n) is 6.68. The van der Waals surface area contributed by atoms with Crippen molar-refractivity contribution in [3.05, 3.63) is 60.2 Å². The Morgan fingerprint density at radius 3 is 2.29 bits per heavy atom. The molecule has 0 spiro atoms. The molecule has 1 fully saturated rings. The number of ether oxygens (including phenoxy) is 1. The molecule has 146 valence electrons. The fourth-order valence-electron chi connectivity index (χ4n) is 3.14. The number of benzene rings is 2. The molecule has 1 saturated heterocycles. The summed E-state index contributed by atoms with van der Waals surface area (Å²) in [5.41, 5.74) is 0.925. The first-order valence-corrected chi connectivity index (χ1v) is 9.91. The molecule has 1 atom stereocenters. The van der Waals surface area contributed by atoms with Crippen molar-refractivity contribution >= 4 is 28.9 Å².